The van der Waals surface area contributed by atoms with Gasteiger partial charge in [0, 0.05) is 36.2 Å². The maximum absolute atomic E-state index is 13.3. The fraction of sp³-hybridized carbons (Fsp3) is 0.370. The Bertz CT molecular complexity index is 1760. The second kappa shape index (κ2) is 14.0. The number of aryl methyl sites for hydroxylation is 1. The standard InChI is InChI=1S/C27H29ClN8O8S2/c1-30-6-3-8-34-9-5-15-14(34)4-2-7-35(15)10-13-12-45-24-19(23(39)36(24)20(13)26(42)43)31-22(38)18(17-21(28)46-27(29)32-17)33-44-16(11-37)25(40)41/h2,4-5,7,9,16,19,24,30,37H,3,6,8,10-12H2,1H3,(H4-,29,31,32,38,40,41,42,43)/b33-18-/t16-,19?,24?/m0/s1. The van der Waals surface area contributed by atoms with E-state index in [0.717, 1.165) is 46.8 Å². The van der Waals surface area contributed by atoms with Gasteiger partial charge in [0.15, 0.2) is 23.6 Å². The van der Waals surface area contributed by atoms with Crippen molar-refractivity contribution in [1.29, 1.82) is 0 Å². The number of aliphatic carboxylic acids is 2. The molecular formula is C27H29ClN8O8S2. The van der Waals surface area contributed by atoms with Crippen molar-refractivity contribution in [1.82, 2.24) is 25.1 Å². The van der Waals surface area contributed by atoms with E-state index < -0.39 is 53.6 Å². The van der Waals surface area contributed by atoms with Crippen LogP contribution >= 0.6 is 34.7 Å². The Morgan fingerprint density at radius 3 is 2.80 bits per heavy atom. The summed E-state index contributed by atoms with van der Waals surface area (Å²) in [6.07, 6.45) is 2.94. The van der Waals surface area contributed by atoms with Crippen molar-refractivity contribution in [3.05, 3.63) is 51.9 Å². The first-order valence-corrected chi connectivity index (χ1v) is 16.1. The highest BCUT2D eigenvalue weighted by Gasteiger charge is 2.53. The summed E-state index contributed by atoms with van der Waals surface area (Å²) in [5.74, 6) is -4.57. The Labute approximate surface area is 274 Å². The molecule has 244 valence electrons. The van der Waals surface area contributed by atoms with Crippen molar-refractivity contribution >= 4 is 80.3 Å². The molecule has 1 saturated heterocycles. The van der Waals surface area contributed by atoms with Gasteiger partial charge in [-0.05, 0) is 26.1 Å². The first-order valence-electron chi connectivity index (χ1n) is 13.9. The van der Waals surface area contributed by atoms with Crippen LogP contribution in [0.3, 0.4) is 0 Å². The van der Waals surface area contributed by atoms with Crippen LogP contribution in [0.1, 0.15) is 12.1 Å². The van der Waals surface area contributed by atoms with Crippen LogP contribution in [0.5, 0.6) is 0 Å². The molecule has 0 aromatic carbocycles. The number of carboxylic acids is 2. The van der Waals surface area contributed by atoms with Crippen LogP contribution < -0.4 is 26.0 Å². The first-order chi connectivity index (χ1) is 22.0. The SMILES string of the molecule is CNCCCn1ccc2c1ccc[n+]2CC1=C(C(=O)[O-])N2C(=O)C(NC(=O)/C(=N\O[C@@H](CO)C(=O)O)c3nc(N)sc3Cl)C2SC1. The van der Waals surface area contributed by atoms with Crippen molar-refractivity contribution in [3.8, 4) is 0 Å². The number of halogens is 1. The third-order valence-electron chi connectivity index (χ3n) is 7.28. The number of nitrogen functional groups attached to an aromatic ring is 1. The number of hydrogen-bond acceptors (Lipinski definition) is 13. The van der Waals surface area contributed by atoms with Gasteiger partial charge in [0.2, 0.25) is 11.6 Å². The summed E-state index contributed by atoms with van der Waals surface area (Å²) < 4.78 is 3.97. The number of aromatic nitrogens is 3. The Morgan fingerprint density at radius 1 is 1.37 bits per heavy atom. The number of carbonyl (C=O) groups is 4. The molecule has 0 saturated carbocycles. The molecule has 0 spiro atoms. The molecule has 3 aromatic heterocycles. The van der Waals surface area contributed by atoms with Gasteiger partial charge in [-0.15, -0.1) is 11.8 Å². The highest BCUT2D eigenvalue weighted by atomic mass is 35.5. The highest BCUT2D eigenvalue weighted by molar-refractivity contribution is 8.00. The molecule has 3 aromatic rings. The number of aliphatic hydroxyl groups is 1. The number of nitrogens with two attached hydrogens (primary N) is 1. The highest BCUT2D eigenvalue weighted by Crippen LogP contribution is 2.40. The predicted octanol–water partition coefficient (Wildman–Crippen LogP) is -1.50. The molecule has 19 heteroatoms. The molecule has 16 nitrogen and oxygen atoms in total. The van der Waals surface area contributed by atoms with E-state index >= 15 is 0 Å². The maximum atomic E-state index is 13.3. The fourth-order valence-corrected chi connectivity index (χ4v) is 7.38. The van der Waals surface area contributed by atoms with Crippen molar-refractivity contribution in [2.24, 2.45) is 5.16 Å². The van der Waals surface area contributed by atoms with Gasteiger partial charge >= 0.3 is 5.97 Å². The van der Waals surface area contributed by atoms with Crippen molar-refractivity contribution < 1.29 is 43.9 Å². The minimum absolute atomic E-state index is 0.0265. The molecule has 5 heterocycles. The van der Waals surface area contributed by atoms with Gasteiger partial charge in [-0.25, -0.2) is 9.78 Å². The van der Waals surface area contributed by atoms with E-state index in [4.69, 9.17) is 27.3 Å². The number of nitrogens with zero attached hydrogens (tertiary/aromatic N) is 5. The molecule has 3 atom stereocenters. The normalized spacial score (nSPS) is 18.7. The summed E-state index contributed by atoms with van der Waals surface area (Å²) in [7, 11) is 1.89. The monoisotopic (exact) mass is 692 g/mol. The average Bonchev–Trinajstić information content (AvgIpc) is 3.59. The Hall–Kier alpha value is -4.23. The molecule has 2 aliphatic rings. The van der Waals surface area contributed by atoms with Gasteiger partial charge in [-0.1, -0.05) is 28.1 Å². The molecule has 0 bridgehead atoms. The number of nitrogens with one attached hydrogen (secondary N) is 2. The fourth-order valence-electron chi connectivity index (χ4n) is 5.11. The Morgan fingerprint density at radius 2 is 2.15 bits per heavy atom. The summed E-state index contributed by atoms with van der Waals surface area (Å²) in [6.45, 7) is 0.902. The van der Waals surface area contributed by atoms with Crippen LogP contribution in [-0.2, 0) is 37.1 Å². The van der Waals surface area contributed by atoms with Crippen molar-refractivity contribution in [2.75, 3.05) is 31.7 Å². The van der Waals surface area contributed by atoms with Crippen LogP contribution in [0.15, 0.2) is 47.0 Å². The quantitative estimate of drug-likeness (QED) is 0.0428. The lowest BCUT2D eigenvalue weighted by molar-refractivity contribution is -0.663. The molecule has 46 heavy (non-hydrogen) atoms. The zero-order valence-corrected chi connectivity index (χ0v) is 26.6. The first kappa shape index (κ1) is 33.1. The van der Waals surface area contributed by atoms with E-state index in [2.05, 4.69) is 25.3 Å². The molecule has 1 fully saturated rings. The van der Waals surface area contributed by atoms with Crippen molar-refractivity contribution in [3.63, 3.8) is 0 Å². The summed E-state index contributed by atoms with van der Waals surface area (Å²) in [5.41, 5.74) is 6.93. The van der Waals surface area contributed by atoms with Gasteiger partial charge in [0.1, 0.15) is 27.0 Å². The van der Waals surface area contributed by atoms with Crippen LogP contribution in [0.25, 0.3) is 11.0 Å². The predicted molar refractivity (Wildman–Crippen MR) is 165 cm³/mol. The Balaban J connectivity index is 1.37. The van der Waals surface area contributed by atoms with Gasteiger partial charge in [0.25, 0.3) is 11.8 Å². The lowest BCUT2D eigenvalue weighted by Gasteiger charge is -2.50. The molecule has 5 rings (SSSR count). The smallest absolute Gasteiger partial charge is 0.350 e. The molecular weight excluding hydrogens is 664 g/mol. The summed E-state index contributed by atoms with van der Waals surface area (Å²) in [5, 5.41) is 39.2. The topological polar surface area (TPSA) is 228 Å². The molecule has 2 aliphatic heterocycles. The second-order valence-corrected chi connectivity index (χ2v) is 12.9. The van der Waals surface area contributed by atoms with E-state index in [9.17, 15) is 29.4 Å². The zero-order valence-electron chi connectivity index (χ0n) is 24.2. The number of amides is 2. The van der Waals surface area contributed by atoms with Crippen LogP contribution in [0, 0.1) is 0 Å². The van der Waals surface area contributed by atoms with Crippen LogP contribution in [0.2, 0.25) is 4.34 Å². The van der Waals surface area contributed by atoms with E-state index in [0.29, 0.717) is 5.57 Å². The second-order valence-electron chi connectivity index (χ2n) is 10.2. The van der Waals surface area contributed by atoms with Gasteiger partial charge in [-0.2, -0.15) is 4.57 Å². The van der Waals surface area contributed by atoms with Gasteiger partial charge < -0.3 is 45.9 Å². The maximum Gasteiger partial charge on any atom is 0.350 e. The van der Waals surface area contributed by atoms with Crippen LogP contribution in [-0.4, -0.2) is 97.6 Å². The Kier molecular flexibility index (Phi) is 10.1. The lowest BCUT2D eigenvalue weighted by atomic mass is 10.0. The van der Waals surface area contributed by atoms with E-state index in [1.54, 1.807) is 0 Å². The average molecular weight is 693 g/mol. The van der Waals surface area contributed by atoms with Gasteiger partial charge in [0.05, 0.1) is 18.3 Å². The number of carboxylic acid groups (broad SMARTS) is 2. The number of thioether (sulfide) groups is 1. The molecule has 2 unspecified atom stereocenters. The third kappa shape index (κ3) is 6.52. The number of rotatable bonds is 14. The number of oxime groups is 1. The molecule has 2 amide bonds. The van der Waals surface area contributed by atoms with Crippen LogP contribution in [0.4, 0.5) is 5.13 Å². The number of β-lactam (4-membered cyclic amide) rings is 1. The number of hydrogen-bond donors (Lipinski definition) is 5. The molecule has 6 N–H and O–H groups in total. The molecule has 0 radical (unpaired) electrons. The summed E-state index contributed by atoms with van der Waals surface area (Å²) in [4.78, 5) is 60.2. The minimum atomic E-state index is -1.80. The molecule has 0 aliphatic carbocycles. The number of thiazole rings is 1. The van der Waals surface area contributed by atoms with Crippen molar-refractivity contribution in [2.45, 2.75) is 37.0 Å². The number of carbonyl (C=O) groups excluding carboxylic acids is 3. The third-order valence-corrected chi connectivity index (χ3v) is 9.71. The zero-order chi connectivity index (χ0) is 33.1. The minimum Gasteiger partial charge on any atom is -0.543 e. The summed E-state index contributed by atoms with van der Waals surface area (Å²) in [6, 6.07) is 4.64. The number of anilines is 1. The summed E-state index contributed by atoms with van der Waals surface area (Å²) >= 11 is 8.22. The van der Waals surface area contributed by atoms with E-state index in [1.165, 1.54) is 11.8 Å². The number of aliphatic hydroxyl groups excluding tert-OH is 1. The lowest BCUT2D eigenvalue weighted by Crippen LogP contribution is -2.71. The number of fused-ring (bicyclic) bond motifs is 2. The largest absolute Gasteiger partial charge is 0.543 e. The van der Waals surface area contributed by atoms with E-state index in [1.807, 2.05) is 42.2 Å². The van der Waals surface area contributed by atoms with E-state index in [-0.39, 0.29) is 33.2 Å². The van der Waals surface area contributed by atoms with Gasteiger partial charge in [-0.3, -0.25) is 14.5 Å². The number of pyridine rings is 1.